The number of hydrogen-bond acceptors (Lipinski definition) is 10. The van der Waals surface area contributed by atoms with Gasteiger partial charge in [-0.25, -0.2) is 28.4 Å². The van der Waals surface area contributed by atoms with Crippen LogP contribution >= 0.6 is 0 Å². The molecule has 38 heavy (non-hydrogen) atoms. The van der Waals surface area contributed by atoms with Crippen molar-refractivity contribution in [3.63, 3.8) is 0 Å². The van der Waals surface area contributed by atoms with Crippen molar-refractivity contribution in [2.75, 3.05) is 38.8 Å². The Morgan fingerprint density at radius 1 is 1.03 bits per heavy atom. The second kappa shape index (κ2) is 10.8. The van der Waals surface area contributed by atoms with Gasteiger partial charge < -0.3 is 18.9 Å². The van der Waals surface area contributed by atoms with Gasteiger partial charge in [0.1, 0.15) is 22.9 Å². The SMILES string of the molecule is CCOc1cccc(-c2nc3ncc(NS(=O)(=O)C4CCOCC4)nc3n2-c2c(OC)cccc2OC)n1. The number of sulfonamides is 1. The van der Waals surface area contributed by atoms with Crippen molar-refractivity contribution in [3.8, 4) is 34.6 Å². The second-order valence-electron chi connectivity index (χ2n) is 8.44. The molecule has 200 valence electrons. The third kappa shape index (κ3) is 4.94. The van der Waals surface area contributed by atoms with Gasteiger partial charge >= 0.3 is 0 Å². The minimum Gasteiger partial charge on any atom is -0.494 e. The number of hydrogen-bond donors (Lipinski definition) is 1. The van der Waals surface area contributed by atoms with E-state index >= 15 is 0 Å². The van der Waals surface area contributed by atoms with E-state index in [4.69, 9.17) is 23.9 Å². The Kier molecular flexibility index (Phi) is 7.29. The van der Waals surface area contributed by atoms with Gasteiger partial charge in [-0.3, -0.25) is 9.29 Å². The van der Waals surface area contributed by atoms with Gasteiger partial charge in [0.2, 0.25) is 15.9 Å². The van der Waals surface area contributed by atoms with Crippen LogP contribution in [0, 0.1) is 0 Å². The lowest BCUT2D eigenvalue weighted by atomic mass is 10.2. The zero-order chi connectivity index (χ0) is 26.7. The number of benzene rings is 1. The first kappa shape index (κ1) is 25.7. The van der Waals surface area contributed by atoms with Crippen molar-refractivity contribution in [1.82, 2.24) is 24.5 Å². The Hall–Kier alpha value is -3.97. The second-order valence-corrected chi connectivity index (χ2v) is 10.4. The highest BCUT2D eigenvalue weighted by Crippen LogP contribution is 2.38. The molecule has 0 aliphatic carbocycles. The van der Waals surface area contributed by atoms with E-state index in [0.717, 1.165) is 0 Å². The maximum Gasteiger partial charge on any atom is 0.236 e. The van der Waals surface area contributed by atoms with E-state index in [-0.39, 0.29) is 11.5 Å². The van der Waals surface area contributed by atoms with Crippen LogP contribution in [0.4, 0.5) is 5.82 Å². The van der Waals surface area contributed by atoms with Crippen LogP contribution in [0.15, 0.2) is 42.6 Å². The zero-order valence-electron chi connectivity index (χ0n) is 21.2. The third-order valence-electron chi connectivity index (χ3n) is 6.10. The molecule has 5 rings (SSSR count). The van der Waals surface area contributed by atoms with E-state index in [1.54, 1.807) is 49.1 Å². The molecule has 0 unspecified atom stereocenters. The first-order valence-electron chi connectivity index (χ1n) is 12.1. The van der Waals surface area contributed by atoms with Gasteiger partial charge in [-0.2, -0.15) is 0 Å². The molecular formula is C25H28N6O6S. The molecule has 1 fully saturated rings. The maximum atomic E-state index is 13.1. The standard InChI is InChI=1S/C25H28N6O6S/c1-4-37-21-10-5-7-17(27-21)24-29-23-25(31(24)22-18(34-2)8-6-9-19(22)35-3)28-20(15-26-23)30-38(32,33)16-11-13-36-14-12-16/h5-10,15-16H,4,11-14H2,1-3H3,(H,28,30). The highest BCUT2D eigenvalue weighted by molar-refractivity contribution is 7.93. The van der Waals surface area contributed by atoms with Gasteiger partial charge in [0.25, 0.3) is 0 Å². The average Bonchev–Trinajstić information content (AvgIpc) is 3.31. The normalized spacial score (nSPS) is 14.4. The minimum atomic E-state index is -3.71. The van der Waals surface area contributed by atoms with Crippen LogP contribution in [0.1, 0.15) is 19.8 Å². The summed E-state index contributed by atoms with van der Waals surface area (Å²) in [5.41, 5.74) is 1.58. The van der Waals surface area contributed by atoms with Gasteiger partial charge in [0.05, 0.1) is 32.3 Å². The van der Waals surface area contributed by atoms with Gasteiger partial charge in [0.15, 0.2) is 22.9 Å². The fraction of sp³-hybridized carbons (Fsp3) is 0.360. The van der Waals surface area contributed by atoms with Crippen molar-refractivity contribution < 1.29 is 27.4 Å². The lowest BCUT2D eigenvalue weighted by Crippen LogP contribution is -2.33. The number of aromatic nitrogens is 5. The smallest absolute Gasteiger partial charge is 0.236 e. The van der Waals surface area contributed by atoms with Crippen LogP contribution in [-0.4, -0.2) is 72.2 Å². The Balaban J connectivity index is 1.70. The average molecular weight is 541 g/mol. The van der Waals surface area contributed by atoms with Crippen molar-refractivity contribution in [3.05, 3.63) is 42.6 Å². The third-order valence-corrected chi connectivity index (χ3v) is 7.94. The van der Waals surface area contributed by atoms with Crippen LogP contribution in [0.25, 0.3) is 28.5 Å². The summed E-state index contributed by atoms with van der Waals surface area (Å²) >= 11 is 0. The number of ether oxygens (including phenoxy) is 4. The number of nitrogens with one attached hydrogen (secondary N) is 1. The number of imidazole rings is 1. The molecular weight excluding hydrogens is 512 g/mol. The highest BCUT2D eigenvalue weighted by Gasteiger charge is 2.29. The largest absolute Gasteiger partial charge is 0.494 e. The summed E-state index contributed by atoms with van der Waals surface area (Å²) < 4.78 is 52.6. The van der Waals surface area contributed by atoms with Crippen LogP contribution in [-0.2, 0) is 14.8 Å². The first-order chi connectivity index (χ1) is 18.4. The van der Waals surface area contributed by atoms with E-state index in [9.17, 15) is 8.42 Å². The number of methoxy groups -OCH3 is 2. The molecule has 4 aromatic rings. The Morgan fingerprint density at radius 2 is 1.74 bits per heavy atom. The predicted molar refractivity (Wildman–Crippen MR) is 141 cm³/mol. The predicted octanol–water partition coefficient (Wildman–Crippen LogP) is 3.21. The summed E-state index contributed by atoms with van der Waals surface area (Å²) in [6.07, 6.45) is 2.17. The Bertz CT molecular complexity index is 1530. The molecule has 13 heteroatoms. The summed E-state index contributed by atoms with van der Waals surface area (Å²) in [4.78, 5) is 18.4. The summed E-state index contributed by atoms with van der Waals surface area (Å²) in [7, 11) is -0.614. The van der Waals surface area contributed by atoms with Gasteiger partial charge in [0, 0.05) is 19.3 Å². The van der Waals surface area contributed by atoms with Gasteiger partial charge in [-0.1, -0.05) is 12.1 Å². The van der Waals surface area contributed by atoms with E-state index in [1.807, 2.05) is 13.0 Å². The van der Waals surface area contributed by atoms with Crippen molar-refractivity contribution in [2.24, 2.45) is 0 Å². The highest BCUT2D eigenvalue weighted by atomic mass is 32.2. The van der Waals surface area contributed by atoms with Crippen molar-refractivity contribution in [1.29, 1.82) is 0 Å². The fourth-order valence-corrected chi connectivity index (χ4v) is 5.69. The zero-order valence-corrected chi connectivity index (χ0v) is 22.1. The fourth-order valence-electron chi connectivity index (χ4n) is 4.32. The lowest BCUT2D eigenvalue weighted by Gasteiger charge is -2.22. The van der Waals surface area contributed by atoms with Gasteiger partial charge in [-0.05, 0) is 38.0 Å². The van der Waals surface area contributed by atoms with E-state index in [1.165, 1.54) is 6.20 Å². The van der Waals surface area contributed by atoms with Gasteiger partial charge in [-0.15, -0.1) is 0 Å². The summed E-state index contributed by atoms with van der Waals surface area (Å²) in [5, 5.41) is -0.575. The minimum absolute atomic E-state index is 0.0709. The summed E-state index contributed by atoms with van der Waals surface area (Å²) in [6.45, 7) is 3.12. The summed E-state index contributed by atoms with van der Waals surface area (Å²) in [6, 6.07) is 10.7. The summed E-state index contributed by atoms with van der Waals surface area (Å²) in [5.74, 6) is 1.87. The maximum absolute atomic E-state index is 13.1. The first-order valence-corrected chi connectivity index (χ1v) is 13.7. The molecule has 1 saturated heterocycles. The molecule has 0 spiro atoms. The van der Waals surface area contributed by atoms with Crippen LogP contribution < -0.4 is 18.9 Å². The van der Waals surface area contributed by atoms with E-state index < -0.39 is 15.3 Å². The van der Waals surface area contributed by atoms with Crippen LogP contribution in [0.3, 0.4) is 0 Å². The molecule has 12 nitrogen and oxygen atoms in total. The molecule has 0 saturated carbocycles. The molecule has 1 aromatic carbocycles. The lowest BCUT2D eigenvalue weighted by molar-refractivity contribution is 0.0984. The number of rotatable bonds is 9. The molecule has 3 aromatic heterocycles. The van der Waals surface area contributed by atoms with Crippen LogP contribution in [0.5, 0.6) is 17.4 Å². The van der Waals surface area contributed by atoms with Crippen molar-refractivity contribution in [2.45, 2.75) is 25.0 Å². The molecule has 1 N–H and O–H groups in total. The monoisotopic (exact) mass is 540 g/mol. The van der Waals surface area contributed by atoms with Crippen molar-refractivity contribution >= 4 is 27.1 Å². The van der Waals surface area contributed by atoms with E-state index in [0.29, 0.717) is 72.9 Å². The molecule has 1 aliphatic rings. The number of anilines is 1. The van der Waals surface area contributed by atoms with Crippen LogP contribution in [0.2, 0.25) is 0 Å². The number of pyridine rings is 1. The Morgan fingerprint density at radius 3 is 2.42 bits per heavy atom. The molecule has 4 heterocycles. The molecule has 0 radical (unpaired) electrons. The molecule has 0 bridgehead atoms. The quantitative estimate of drug-likeness (QED) is 0.336. The van der Waals surface area contributed by atoms with E-state index in [2.05, 4.69) is 19.7 Å². The topological polar surface area (TPSA) is 140 Å². The number of nitrogens with zero attached hydrogens (tertiary/aromatic N) is 5. The number of fused-ring (bicyclic) bond motifs is 1. The molecule has 0 atom stereocenters. The molecule has 1 aliphatic heterocycles. The number of para-hydroxylation sites is 1. The Labute approximate surface area is 220 Å². The molecule has 0 amide bonds.